The van der Waals surface area contributed by atoms with Crippen LogP contribution in [0.5, 0.6) is 0 Å². The minimum absolute atomic E-state index is 0.108. The highest BCUT2D eigenvalue weighted by molar-refractivity contribution is 7.98. The lowest BCUT2D eigenvalue weighted by Crippen LogP contribution is -2.35. The van der Waals surface area contributed by atoms with Gasteiger partial charge >= 0.3 is 0 Å². The van der Waals surface area contributed by atoms with E-state index in [0.29, 0.717) is 23.4 Å². The highest BCUT2D eigenvalue weighted by Crippen LogP contribution is 2.36. The Bertz CT molecular complexity index is 1210. The van der Waals surface area contributed by atoms with E-state index in [0.717, 1.165) is 10.5 Å². The Balaban J connectivity index is 1.63. The van der Waals surface area contributed by atoms with Crippen molar-refractivity contribution < 1.29 is 13.2 Å². The molecule has 0 fully saturated rings. The van der Waals surface area contributed by atoms with Gasteiger partial charge in [0.1, 0.15) is 0 Å². The van der Waals surface area contributed by atoms with Gasteiger partial charge < -0.3 is 5.32 Å². The average molecular weight is 439 g/mol. The van der Waals surface area contributed by atoms with Gasteiger partial charge in [-0.15, -0.1) is 11.8 Å². The van der Waals surface area contributed by atoms with E-state index >= 15 is 0 Å². The molecule has 0 radical (unpaired) electrons. The van der Waals surface area contributed by atoms with Crippen molar-refractivity contribution in [2.24, 2.45) is 0 Å². The molecule has 30 heavy (non-hydrogen) atoms. The van der Waals surface area contributed by atoms with Gasteiger partial charge in [0.2, 0.25) is 0 Å². The van der Waals surface area contributed by atoms with Gasteiger partial charge in [-0.05, 0) is 67.6 Å². The van der Waals surface area contributed by atoms with Gasteiger partial charge in [0.25, 0.3) is 15.9 Å². The Morgan fingerprint density at radius 1 is 1.03 bits per heavy atom. The molecule has 7 heteroatoms. The molecule has 0 saturated carbocycles. The minimum Gasteiger partial charge on any atom is -0.322 e. The molecule has 3 aromatic rings. The molecule has 1 atom stereocenters. The van der Waals surface area contributed by atoms with Crippen molar-refractivity contribution in [2.45, 2.75) is 29.2 Å². The van der Waals surface area contributed by atoms with E-state index in [1.54, 1.807) is 30.0 Å². The SMILES string of the molecule is CSc1cccc(NC(=O)c2cccc(S(=O)(=O)N3c4ccccc4CC3C)c2)c1. The van der Waals surface area contributed by atoms with E-state index in [4.69, 9.17) is 0 Å². The Morgan fingerprint density at radius 2 is 1.80 bits per heavy atom. The number of thioether (sulfide) groups is 1. The zero-order valence-electron chi connectivity index (χ0n) is 16.7. The van der Waals surface area contributed by atoms with Crippen LogP contribution in [0.1, 0.15) is 22.8 Å². The van der Waals surface area contributed by atoms with Crippen LogP contribution < -0.4 is 9.62 Å². The zero-order valence-corrected chi connectivity index (χ0v) is 18.3. The first kappa shape index (κ1) is 20.5. The Kier molecular flexibility index (Phi) is 5.58. The molecule has 4 rings (SSSR count). The first-order valence-electron chi connectivity index (χ1n) is 9.58. The van der Waals surface area contributed by atoms with E-state index in [1.165, 1.54) is 16.4 Å². The van der Waals surface area contributed by atoms with E-state index in [-0.39, 0.29) is 16.8 Å². The molecule has 0 spiro atoms. The van der Waals surface area contributed by atoms with Crippen LogP contribution in [-0.2, 0) is 16.4 Å². The Labute approximate surface area is 181 Å². The third kappa shape index (κ3) is 3.82. The van der Waals surface area contributed by atoms with Gasteiger partial charge in [-0.3, -0.25) is 9.10 Å². The molecule has 3 aromatic carbocycles. The maximum Gasteiger partial charge on any atom is 0.264 e. The largest absolute Gasteiger partial charge is 0.322 e. The normalized spacial score (nSPS) is 15.7. The fourth-order valence-corrected chi connectivity index (χ4v) is 5.92. The van der Waals surface area contributed by atoms with E-state index in [1.807, 2.05) is 55.6 Å². The monoisotopic (exact) mass is 438 g/mol. The van der Waals surface area contributed by atoms with E-state index in [2.05, 4.69) is 5.32 Å². The second-order valence-electron chi connectivity index (χ2n) is 7.20. The predicted molar refractivity (Wildman–Crippen MR) is 122 cm³/mol. The standard InChI is InChI=1S/C23H22N2O3S2/c1-16-13-17-7-3-4-12-22(17)25(16)30(27,28)21-11-5-8-18(14-21)23(26)24-19-9-6-10-20(15-19)29-2/h3-12,14-16H,13H2,1-2H3,(H,24,26). The number of fused-ring (bicyclic) bond motifs is 1. The van der Waals surface area contributed by atoms with Crippen LogP contribution in [0.2, 0.25) is 0 Å². The maximum absolute atomic E-state index is 13.4. The van der Waals surface area contributed by atoms with Crippen LogP contribution in [-0.4, -0.2) is 26.6 Å². The highest BCUT2D eigenvalue weighted by Gasteiger charge is 2.36. The maximum atomic E-state index is 13.4. The molecule has 5 nitrogen and oxygen atoms in total. The molecule has 1 heterocycles. The third-order valence-corrected chi connectivity index (χ3v) is 7.77. The number of carbonyl (C=O) groups is 1. The summed E-state index contributed by atoms with van der Waals surface area (Å²) >= 11 is 1.58. The number of rotatable bonds is 5. The van der Waals surface area contributed by atoms with E-state index < -0.39 is 10.0 Å². The van der Waals surface area contributed by atoms with Gasteiger partial charge in [0.15, 0.2) is 0 Å². The van der Waals surface area contributed by atoms with Crippen molar-refractivity contribution in [1.29, 1.82) is 0 Å². The summed E-state index contributed by atoms with van der Waals surface area (Å²) in [5.41, 5.74) is 2.68. The molecule has 1 N–H and O–H groups in total. The second kappa shape index (κ2) is 8.16. The molecule has 0 aliphatic carbocycles. The lowest BCUT2D eigenvalue weighted by Gasteiger charge is -2.24. The van der Waals surface area contributed by atoms with Crippen LogP contribution in [0, 0.1) is 0 Å². The van der Waals surface area contributed by atoms with Crippen LogP contribution >= 0.6 is 11.8 Å². The molecule has 1 aliphatic rings. The number of sulfonamides is 1. The number of carbonyl (C=O) groups excluding carboxylic acids is 1. The van der Waals surface area contributed by atoms with Crippen LogP contribution in [0.15, 0.2) is 82.6 Å². The van der Waals surface area contributed by atoms with Crippen LogP contribution in [0.3, 0.4) is 0 Å². The number of anilines is 2. The smallest absolute Gasteiger partial charge is 0.264 e. The summed E-state index contributed by atoms with van der Waals surface area (Å²) in [6.45, 7) is 1.90. The number of benzene rings is 3. The van der Waals surface area contributed by atoms with Crippen molar-refractivity contribution in [3.8, 4) is 0 Å². The molecular formula is C23H22N2O3S2. The van der Waals surface area contributed by atoms with Gasteiger partial charge in [-0.2, -0.15) is 0 Å². The predicted octanol–water partition coefficient (Wildman–Crippen LogP) is 4.80. The molecule has 0 bridgehead atoms. The fraction of sp³-hybridized carbons (Fsp3) is 0.174. The van der Waals surface area contributed by atoms with E-state index in [9.17, 15) is 13.2 Å². The first-order valence-corrected chi connectivity index (χ1v) is 12.2. The summed E-state index contributed by atoms with van der Waals surface area (Å²) in [4.78, 5) is 13.9. The molecule has 1 amide bonds. The first-order chi connectivity index (χ1) is 14.4. The molecule has 1 unspecified atom stereocenters. The number of para-hydroxylation sites is 1. The number of nitrogens with zero attached hydrogens (tertiary/aromatic N) is 1. The van der Waals surface area contributed by atoms with Gasteiger partial charge in [-0.1, -0.05) is 30.3 Å². The molecule has 0 aromatic heterocycles. The van der Waals surface area contributed by atoms with Gasteiger partial charge in [0, 0.05) is 22.2 Å². The summed E-state index contributed by atoms with van der Waals surface area (Å²) in [6.07, 6.45) is 2.63. The van der Waals surface area contributed by atoms with Crippen LogP contribution in [0.25, 0.3) is 0 Å². The summed E-state index contributed by atoms with van der Waals surface area (Å²) in [5.74, 6) is -0.347. The Hall–Kier alpha value is -2.77. The lowest BCUT2D eigenvalue weighted by atomic mass is 10.1. The Morgan fingerprint density at radius 3 is 2.60 bits per heavy atom. The van der Waals surface area contributed by atoms with Crippen molar-refractivity contribution in [3.63, 3.8) is 0 Å². The summed E-state index contributed by atoms with van der Waals surface area (Å²) < 4.78 is 28.3. The number of hydrogen-bond acceptors (Lipinski definition) is 4. The lowest BCUT2D eigenvalue weighted by molar-refractivity contribution is 0.102. The molecule has 1 aliphatic heterocycles. The number of nitrogens with one attached hydrogen (secondary N) is 1. The van der Waals surface area contributed by atoms with Gasteiger partial charge in [-0.25, -0.2) is 8.42 Å². The van der Waals surface area contributed by atoms with Crippen LogP contribution in [0.4, 0.5) is 11.4 Å². The highest BCUT2D eigenvalue weighted by atomic mass is 32.2. The summed E-state index contributed by atoms with van der Waals surface area (Å²) in [6, 6.07) is 21.1. The van der Waals surface area contributed by atoms with Crippen molar-refractivity contribution in [1.82, 2.24) is 0 Å². The number of amides is 1. The van der Waals surface area contributed by atoms with Crippen molar-refractivity contribution in [3.05, 3.63) is 83.9 Å². The number of hydrogen-bond donors (Lipinski definition) is 1. The quantitative estimate of drug-likeness (QED) is 0.581. The molecule has 154 valence electrons. The average Bonchev–Trinajstić information content (AvgIpc) is 3.10. The molecule has 0 saturated heterocycles. The zero-order chi connectivity index (χ0) is 21.3. The summed E-state index contributed by atoms with van der Waals surface area (Å²) in [7, 11) is -3.79. The fourth-order valence-electron chi connectivity index (χ4n) is 3.72. The summed E-state index contributed by atoms with van der Waals surface area (Å²) in [5, 5.41) is 2.84. The topological polar surface area (TPSA) is 66.5 Å². The van der Waals surface area contributed by atoms with Gasteiger partial charge in [0.05, 0.1) is 10.6 Å². The molecular weight excluding hydrogens is 416 g/mol. The second-order valence-corrected chi connectivity index (χ2v) is 9.89. The van der Waals surface area contributed by atoms with Crippen molar-refractivity contribution in [2.75, 3.05) is 15.9 Å². The third-order valence-electron chi connectivity index (χ3n) is 5.13. The minimum atomic E-state index is -3.79. The van der Waals surface area contributed by atoms with Crippen molar-refractivity contribution >= 4 is 39.1 Å².